The smallest absolute Gasteiger partial charge is 0.324 e. The van der Waals surface area contributed by atoms with E-state index >= 15 is 0 Å². The van der Waals surface area contributed by atoms with Gasteiger partial charge in [0.05, 0.1) is 0 Å². The van der Waals surface area contributed by atoms with Gasteiger partial charge in [0.1, 0.15) is 5.54 Å². The lowest BCUT2D eigenvalue weighted by molar-refractivity contribution is -0.144. The zero-order chi connectivity index (χ0) is 7.61. The zero-order valence-electron chi connectivity index (χ0n) is 5.98. The molecule has 0 saturated carbocycles. The van der Waals surface area contributed by atoms with E-state index in [9.17, 15) is 4.79 Å². The normalized spacial score (nSPS) is 33.7. The van der Waals surface area contributed by atoms with Crippen LogP contribution in [0.3, 0.4) is 0 Å². The molecule has 4 heteroatoms. The second-order valence-corrected chi connectivity index (χ2v) is 2.74. The number of nitrogens with one attached hydrogen (secondary N) is 2. The van der Waals surface area contributed by atoms with E-state index in [1.54, 1.807) is 6.92 Å². The number of piperazine rings is 1. The van der Waals surface area contributed by atoms with Crippen molar-refractivity contribution >= 4 is 5.97 Å². The van der Waals surface area contributed by atoms with E-state index in [-0.39, 0.29) is 0 Å². The molecule has 0 radical (unpaired) electrons. The van der Waals surface area contributed by atoms with E-state index in [1.165, 1.54) is 0 Å². The summed E-state index contributed by atoms with van der Waals surface area (Å²) < 4.78 is 0. The Balaban J connectivity index is 2.56. The van der Waals surface area contributed by atoms with Crippen LogP contribution in [0.1, 0.15) is 6.92 Å². The van der Waals surface area contributed by atoms with Crippen molar-refractivity contribution in [2.45, 2.75) is 12.5 Å². The lowest BCUT2D eigenvalue weighted by atomic mass is 10.0. The fourth-order valence-corrected chi connectivity index (χ4v) is 0.979. The van der Waals surface area contributed by atoms with Crippen LogP contribution in [0, 0.1) is 0 Å². The largest absolute Gasteiger partial charge is 0.480 e. The third-order valence-corrected chi connectivity index (χ3v) is 1.77. The van der Waals surface area contributed by atoms with Crippen LogP contribution in [0.2, 0.25) is 0 Å². The molecule has 3 N–H and O–H groups in total. The van der Waals surface area contributed by atoms with E-state index in [1.807, 2.05) is 0 Å². The van der Waals surface area contributed by atoms with E-state index < -0.39 is 11.5 Å². The molecule has 58 valence electrons. The molecular formula is C6H12N2O2. The van der Waals surface area contributed by atoms with Crippen molar-refractivity contribution in [2.24, 2.45) is 0 Å². The third-order valence-electron chi connectivity index (χ3n) is 1.77. The van der Waals surface area contributed by atoms with Crippen molar-refractivity contribution in [1.82, 2.24) is 10.6 Å². The predicted molar refractivity (Wildman–Crippen MR) is 36.9 cm³/mol. The van der Waals surface area contributed by atoms with Gasteiger partial charge in [-0.25, -0.2) is 0 Å². The van der Waals surface area contributed by atoms with Gasteiger partial charge in [-0.1, -0.05) is 0 Å². The lowest BCUT2D eigenvalue weighted by Gasteiger charge is -2.31. The Labute approximate surface area is 59.6 Å². The fraction of sp³-hybridized carbons (Fsp3) is 0.833. The Morgan fingerprint density at radius 3 is 2.60 bits per heavy atom. The van der Waals surface area contributed by atoms with E-state index in [0.717, 1.165) is 13.1 Å². The zero-order valence-corrected chi connectivity index (χ0v) is 5.98. The topological polar surface area (TPSA) is 61.4 Å². The molecule has 4 nitrogen and oxygen atoms in total. The van der Waals surface area contributed by atoms with Gasteiger partial charge < -0.3 is 10.4 Å². The van der Waals surface area contributed by atoms with E-state index in [2.05, 4.69) is 10.6 Å². The molecule has 0 aliphatic carbocycles. The Kier molecular flexibility index (Phi) is 1.92. The Bertz CT molecular complexity index is 141. The molecule has 1 unspecified atom stereocenters. The molecule has 10 heavy (non-hydrogen) atoms. The third kappa shape index (κ3) is 1.27. The minimum absolute atomic E-state index is 0.502. The summed E-state index contributed by atoms with van der Waals surface area (Å²) >= 11 is 0. The SMILES string of the molecule is CC1(C(=O)O)CNCCN1. The molecule has 0 spiro atoms. The first-order valence-electron chi connectivity index (χ1n) is 3.34. The minimum Gasteiger partial charge on any atom is -0.480 e. The average molecular weight is 144 g/mol. The number of rotatable bonds is 1. The van der Waals surface area contributed by atoms with Gasteiger partial charge in [0.15, 0.2) is 0 Å². The van der Waals surface area contributed by atoms with E-state index in [0.29, 0.717) is 6.54 Å². The highest BCUT2D eigenvalue weighted by molar-refractivity contribution is 5.78. The summed E-state index contributed by atoms with van der Waals surface area (Å²) in [6.45, 7) is 3.76. The molecule has 0 amide bonds. The highest BCUT2D eigenvalue weighted by atomic mass is 16.4. The standard InChI is InChI=1S/C6H12N2O2/c1-6(5(9)10)4-7-2-3-8-6/h7-8H,2-4H2,1H3,(H,9,10). The summed E-state index contributed by atoms with van der Waals surface area (Å²) in [4.78, 5) is 10.6. The number of carboxylic acids is 1. The molecule has 0 aromatic heterocycles. The second kappa shape index (κ2) is 2.56. The molecule has 0 bridgehead atoms. The van der Waals surface area contributed by atoms with Crippen LogP contribution in [0.15, 0.2) is 0 Å². The Hall–Kier alpha value is -0.610. The van der Waals surface area contributed by atoms with Crippen LogP contribution in [0.4, 0.5) is 0 Å². The first-order chi connectivity index (χ1) is 4.65. The number of hydrogen-bond donors (Lipinski definition) is 3. The summed E-state index contributed by atoms with van der Waals surface area (Å²) in [5.41, 5.74) is -0.766. The quantitative estimate of drug-likeness (QED) is 0.443. The number of carbonyl (C=O) groups is 1. The van der Waals surface area contributed by atoms with Crippen LogP contribution < -0.4 is 10.6 Å². The maximum Gasteiger partial charge on any atom is 0.324 e. The maximum atomic E-state index is 10.6. The second-order valence-electron chi connectivity index (χ2n) is 2.74. The molecule has 1 aliphatic heterocycles. The van der Waals surface area contributed by atoms with Gasteiger partial charge in [-0.3, -0.25) is 10.1 Å². The van der Waals surface area contributed by atoms with Gasteiger partial charge in [-0.2, -0.15) is 0 Å². The molecule has 0 aromatic carbocycles. The van der Waals surface area contributed by atoms with Gasteiger partial charge in [-0.05, 0) is 6.92 Å². The molecule has 1 rings (SSSR count). The maximum absolute atomic E-state index is 10.6. The first kappa shape index (κ1) is 7.50. The van der Waals surface area contributed by atoms with Crippen LogP contribution in [0.5, 0.6) is 0 Å². The van der Waals surface area contributed by atoms with Crippen molar-refractivity contribution in [1.29, 1.82) is 0 Å². The van der Waals surface area contributed by atoms with Crippen LogP contribution in [-0.4, -0.2) is 36.2 Å². The van der Waals surface area contributed by atoms with Crippen molar-refractivity contribution in [2.75, 3.05) is 19.6 Å². The average Bonchev–Trinajstić information content (AvgIpc) is 1.89. The molecule has 0 aromatic rings. The van der Waals surface area contributed by atoms with Crippen molar-refractivity contribution in [3.63, 3.8) is 0 Å². The summed E-state index contributed by atoms with van der Waals surface area (Å²) in [7, 11) is 0. The fourth-order valence-electron chi connectivity index (χ4n) is 0.979. The van der Waals surface area contributed by atoms with Crippen molar-refractivity contribution in [3.05, 3.63) is 0 Å². The van der Waals surface area contributed by atoms with Gasteiger partial charge in [0.25, 0.3) is 0 Å². The molecule has 1 atom stereocenters. The van der Waals surface area contributed by atoms with Gasteiger partial charge >= 0.3 is 5.97 Å². The van der Waals surface area contributed by atoms with E-state index in [4.69, 9.17) is 5.11 Å². The van der Waals surface area contributed by atoms with Crippen molar-refractivity contribution < 1.29 is 9.90 Å². The highest BCUT2D eigenvalue weighted by Gasteiger charge is 2.33. The Morgan fingerprint density at radius 1 is 1.60 bits per heavy atom. The van der Waals surface area contributed by atoms with Crippen LogP contribution in [0.25, 0.3) is 0 Å². The molecular weight excluding hydrogens is 132 g/mol. The lowest BCUT2D eigenvalue weighted by Crippen LogP contribution is -2.61. The van der Waals surface area contributed by atoms with Gasteiger partial charge in [-0.15, -0.1) is 0 Å². The molecule has 1 heterocycles. The Morgan fingerprint density at radius 2 is 2.30 bits per heavy atom. The number of hydrogen-bond acceptors (Lipinski definition) is 3. The number of carboxylic acid groups (broad SMARTS) is 1. The van der Waals surface area contributed by atoms with Gasteiger partial charge in [0, 0.05) is 19.6 Å². The first-order valence-corrected chi connectivity index (χ1v) is 3.34. The summed E-state index contributed by atoms with van der Waals surface area (Å²) in [6, 6.07) is 0. The van der Waals surface area contributed by atoms with Crippen LogP contribution >= 0.6 is 0 Å². The highest BCUT2D eigenvalue weighted by Crippen LogP contribution is 2.03. The molecule has 1 aliphatic rings. The predicted octanol–water partition coefficient (Wildman–Crippen LogP) is -0.977. The van der Waals surface area contributed by atoms with Crippen LogP contribution in [-0.2, 0) is 4.79 Å². The molecule has 1 saturated heterocycles. The minimum atomic E-state index is -0.792. The van der Waals surface area contributed by atoms with Crippen molar-refractivity contribution in [3.8, 4) is 0 Å². The van der Waals surface area contributed by atoms with Gasteiger partial charge in [0.2, 0.25) is 0 Å². The molecule has 1 fully saturated rings. The monoisotopic (exact) mass is 144 g/mol. The summed E-state index contributed by atoms with van der Waals surface area (Å²) in [6.07, 6.45) is 0. The summed E-state index contributed by atoms with van der Waals surface area (Å²) in [5.74, 6) is -0.792. The summed E-state index contributed by atoms with van der Waals surface area (Å²) in [5, 5.41) is 14.6. The number of aliphatic carboxylic acids is 1.